The van der Waals surface area contributed by atoms with E-state index in [0.29, 0.717) is 5.92 Å². The third-order valence-electron chi connectivity index (χ3n) is 3.12. The van der Waals surface area contributed by atoms with Crippen molar-refractivity contribution in [1.29, 1.82) is 0 Å². The normalized spacial score (nSPS) is 15.2. The standard InChI is InChI=1S/C13H18N2S/c1-3-9(2)10(14)8-13-15-11-6-4-5-7-12(11)16-13/h4-7,9-10H,3,8,14H2,1-2H3. The molecule has 2 atom stereocenters. The summed E-state index contributed by atoms with van der Waals surface area (Å²) in [4.78, 5) is 4.61. The van der Waals surface area contributed by atoms with Crippen molar-refractivity contribution in [2.75, 3.05) is 0 Å². The van der Waals surface area contributed by atoms with Crippen LogP contribution >= 0.6 is 11.3 Å². The highest BCUT2D eigenvalue weighted by Crippen LogP contribution is 2.23. The van der Waals surface area contributed by atoms with Gasteiger partial charge in [0.1, 0.15) is 0 Å². The largest absolute Gasteiger partial charge is 0.327 e. The molecule has 0 aliphatic rings. The SMILES string of the molecule is CCC(C)C(N)Cc1nc2ccccc2s1. The van der Waals surface area contributed by atoms with Crippen LogP contribution in [0.5, 0.6) is 0 Å². The van der Waals surface area contributed by atoms with Gasteiger partial charge in [0.05, 0.1) is 15.2 Å². The lowest BCUT2D eigenvalue weighted by Gasteiger charge is -2.16. The number of para-hydroxylation sites is 1. The molecular weight excluding hydrogens is 216 g/mol. The zero-order chi connectivity index (χ0) is 11.5. The Bertz CT molecular complexity index is 431. The summed E-state index contributed by atoms with van der Waals surface area (Å²) in [5, 5.41) is 1.16. The van der Waals surface area contributed by atoms with Gasteiger partial charge in [-0.2, -0.15) is 0 Å². The number of fused-ring (bicyclic) bond motifs is 1. The molecule has 0 aliphatic carbocycles. The van der Waals surface area contributed by atoms with E-state index in [9.17, 15) is 0 Å². The highest BCUT2D eigenvalue weighted by Gasteiger charge is 2.13. The molecule has 1 aromatic heterocycles. The summed E-state index contributed by atoms with van der Waals surface area (Å²) in [7, 11) is 0. The molecule has 0 fully saturated rings. The van der Waals surface area contributed by atoms with Crippen LogP contribution in [0, 0.1) is 5.92 Å². The van der Waals surface area contributed by atoms with Crippen molar-refractivity contribution in [3.8, 4) is 0 Å². The quantitative estimate of drug-likeness (QED) is 0.882. The molecule has 2 N–H and O–H groups in total. The lowest BCUT2D eigenvalue weighted by atomic mass is 9.98. The maximum atomic E-state index is 6.15. The highest BCUT2D eigenvalue weighted by molar-refractivity contribution is 7.18. The number of hydrogen-bond acceptors (Lipinski definition) is 3. The van der Waals surface area contributed by atoms with Crippen LogP contribution in [0.4, 0.5) is 0 Å². The molecule has 0 aliphatic heterocycles. The number of thiazole rings is 1. The van der Waals surface area contributed by atoms with Gasteiger partial charge >= 0.3 is 0 Å². The zero-order valence-electron chi connectivity index (χ0n) is 9.81. The topological polar surface area (TPSA) is 38.9 Å². The number of rotatable bonds is 4. The molecule has 2 nitrogen and oxygen atoms in total. The lowest BCUT2D eigenvalue weighted by molar-refractivity contribution is 0.440. The zero-order valence-corrected chi connectivity index (χ0v) is 10.6. The predicted molar refractivity (Wildman–Crippen MR) is 70.8 cm³/mol. The van der Waals surface area contributed by atoms with Crippen molar-refractivity contribution in [3.05, 3.63) is 29.3 Å². The number of nitrogens with two attached hydrogens (primary N) is 1. The average molecular weight is 234 g/mol. The number of hydrogen-bond donors (Lipinski definition) is 1. The van der Waals surface area contributed by atoms with E-state index in [2.05, 4.69) is 37.0 Å². The molecule has 1 aromatic carbocycles. The van der Waals surface area contributed by atoms with Crippen molar-refractivity contribution in [2.24, 2.45) is 11.7 Å². The van der Waals surface area contributed by atoms with Gasteiger partial charge in [-0.15, -0.1) is 11.3 Å². The Hall–Kier alpha value is -0.930. The minimum atomic E-state index is 0.227. The van der Waals surface area contributed by atoms with E-state index in [4.69, 9.17) is 5.73 Å². The Balaban J connectivity index is 2.15. The molecular formula is C13H18N2S. The van der Waals surface area contributed by atoms with Gasteiger partial charge in [-0.3, -0.25) is 0 Å². The summed E-state index contributed by atoms with van der Waals surface area (Å²) in [6.45, 7) is 4.39. The third-order valence-corrected chi connectivity index (χ3v) is 4.18. The van der Waals surface area contributed by atoms with E-state index < -0.39 is 0 Å². The Morgan fingerprint density at radius 2 is 2.12 bits per heavy atom. The monoisotopic (exact) mass is 234 g/mol. The van der Waals surface area contributed by atoms with Crippen LogP contribution in [0.3, 0.4) is 0 Å². The second-order valence-corrected chi connectivity index (χ2v) is 5.44. The molecule has 86 valence electrons. The van der Waals surface area contributed by atoms with E-state index >= 15 is 0 Å². The summed E-state index contributed by atoms with van der Waals surface area (Å²) in [6.07, 6.45) is 2.03. The van der Waals surface area contributed by atoms with E-state index in [-0.39, 0.29) is 6.04 Å². The first-order valence-electron chi connectivity index (χ1n) is 5.80. The van der Waals surface area contributed by atoms with Crippen LogP contribution in [0.1, 0.15) is 25.3 Å². The van der Waals surface area contributed by atoms with Crippen LogP contribution in [0.15, 0.2) is 24.3 Å². The van der Waals surface area contributed by atoms with Crippen LogP contribution in [0.2, 0.25) is 0 Å². The summed E-state index contributed by atoms with van der Waals surface area (Å²) < 4.78 is 1.26. The summed E-state index contributed by atoms with van der Waals surface area (Å²) >= 11 is 1.76. The Kier molecular flexibility index (Phi) is 3.56. The van der Waals surface area contributed by atoms with E-state index in [0.717, 1.165) is 23.4 Å². The Labute approximate surface area is 101 Å². The molecule has 2 rings (SSSR count). The molecule has 0 saturated carbocycles. The van der Waals surface area contributed by atoms with Gasteiger partial charge in [-0.05, 0) is 18.1 Å². The first-order valence-corrected chi connectivity index (χ1v) is 6.62. The molecule has 0 bridgehead atoms. The van der Waals surface area contributed by atoms with Gasteiger partial charge < -0.3 is 5.73 Å². The highest BCUT2D eigenvalue weighted by atomic mass is 32.1. The first kappa shape index (κ1) is 11.6. The molecule has 1 heterocycles. The second-order valence-electron chi connectivity index (χ2n) is 4.33. The third kappa shape index (κ3) is 2.42. The molecule has 16 heavy (non-hydrogen) atoms. The average Bonchev–Trinajstić information content (AvgIpc) is 2.69. The summed E-state index contributed by atoms with van der Waals surface area (Å²) in [5.41, 5.74) is 7.24. The molecule has 0 radical (unpaired) electrons. The first-order chi connectivity index (χ1) is 7.70. The molecule has 2 unspecified atom stereocenters. The number of benzene rings is 1. The minimum absolute atomic E-state index is 0.227. The fraction of sp³-hybridized carbons (Fsp3) is 0.462. The van der Waals surface area contributed by atoms with E-state index in [1.165, 1.54) is 4.70 Å². The van der Waals surface area contributed by atoms with Gasteiger partial charge in [-0.1, -0.05) is 32.4 Å². The van der Waals surface area contributed by atoms with Gasteiger partial charge in [0, 0.05) is 12.5 Å². The van der Waals surface area contributed by atoms with Crippen molar-refractivity contribution in [1.82, 2.24) is 4.98 Å². The molecule has 0 spiro atoms. The van der Waals surface area contributed by atoms with Gasteiger partial charge in [0.15, 0.2) is 0 Å². The predicted octanol–water partition coefficient (Wildman–Crippen LogP) is 3.21. The van der Waals surface area contributed by atoms with Crippen molar-refractivity contribution in [2.45, 2.75) is 32.7 Å². The van der Waals surface area contributed by atoms with Gasteiger partial charge in [-0.25, -0.2) is 4.98 Å². The fourth-order valence-electron chi connectivity index (χ4n) is 1.71. The van der Waals surface area contributed by atoms with Crippen LogP contribution in [0.25, 0.3) is 10.2 Å². The van der Waals surface area contributed by atoms with Gasteiger partial charge in [0.2, 0.25) is 0 Å². The molecule has 2 aromatic rings. The Morgan fingerprint density at radius 3 is 2.81 bits per heavy atom. The van der Waals surface area contributed by atoms with E-state index in [1.54, 1.807) is 11.3 Å². The fourth-order valence-corrected chi connectivity index (χ4v) is 2.75. The minimum Gasteiger partial charge on any atom is -0.327 e. The second kappa shape index (κ2) is 4.93. The smallest absolute Gasteiger partial charge is 0.0954 e. The molecule has 0 amide bonds. The maximum Gasteiger partial charge on any atom is 0.0954 e. The molecule has 0 saturated heterocycles. The Morgan fingerprint density at radius 1 is 1.38 bits per heavy atom. The van der Waals surface area contributed by atoms with Crippen molar-refractivity contribution < 1.29 is 0 Å². The van der Waals surface area contributed by atoms with Crippen molar-refractivity contribution >= 4 is 21.6 Å². The van der Waals surface area contributed by atoms with Crippen LogP contribution in [-0.2, 0) is 6.42 Å². The molecule has 3 heteroatoms. The number of nitrogens with zero attached hydrogens (tertiary/aromatic N) is 1. The van der Waals surface area contributed by atoms with Crippen LogP contribution in [-0.4, -0.2) is 11.0 Å². The summed E-state index contributed by atoms with van der Waals surface area (Å²) in [5.74, 6) is 0.562. The van der Waals surface area contributed by atoms with Gasteiger partial charge in [0.25, 0.3) is 0 Å². The summed E-state index contributed by atoms with van der Waals surface area (Å²) in [6, 6.07) is 8.49. The van der Waals surface area contributed by atoms with Crippen LogP contribution < -0.4 is 5.73 Å². The van der Waals surface area contributed by atoms with E-state index in [1.807, 2.05) is 6.07 Å². The maximum absolute atomic E-state index is 6.15. The lowest BCUT2D eigenvalue weighted by Crippen LogP contribution is -2.30. The van der Waals surface area contributed by atoms with Crippen molar-refractivity contribution in [3.63, 3.8) is 0 Å². The number of aromatic nitrogens is 1.